The first-order valence-electron chi connectivity index (χ1n) is 5.09. The van der Waals surface area contributed by atoms with Gasteiger partial charge in [0.1, 0.15) is 5.92 Å². The molecule has 82 valence electrons. The van der Waals surface area contributed by atoms with E-state index < -0.39 is 11.9 Å². The van der Waals surface area contributed by atoms with Crippen LogP contribution in [0, 0.1) is 13.8 Å². The zero-order valence-electron chi connectivity index (χ0n) is 9.32. The molecule has 0 amide bonds. The average molecular weight is 208 g/mol. The van der Waals surface area contributed by atoms with Crippen molar-refractivity contribution in [3.05, 3.63) is 23.3 Å². The maximum Gasteiger partial charge on any atom is 0.312 e. The van der Waals surface area contributed by atoms with E-state index in [0.29, 0.717) is 17.8 Å². The molecule has 1 atom stereocenters. The fourth-order valence-corrected chi connectivity index (χ4v) is 1.55. The summed E-state index contributed by atoms with van der Waals surface area (Å²) in [4.78, 5) is 19.5. The highest BCUT2D eigenvalue weighted by Gasteiger charge is 2.22. The van der Waals surface area contributed by atoms with Crippen molar-refractivity contribution in [3.8, 4) is 0 Å². The van der Waals surface area contributed by atoms with Crippen LogP contribution in [0.2, 0.25) is 0 Å². The molecule has 0 aliphatic carbocycles. The Kier molecular flexibility index (Phi) is 3.77. The number of carboxylic acid groups (broad SMARTS) is 1. The van der Waals surface area contributed by atoms with Gasteiger partial charge in [-0.15, -0.1) is 0 Å². The summed E-state index contributed by atoms with van der Waals surface area (Å²) < 4.78 is 0. The van der Waals surface area contributed by atoms with Crippen molar-refractivity contribution < 1.29 is 9.90 Å². The Balaban J connectivity index is 3.09. The minimum atomic E-state index is -0.820. The number of aryl methyl sites for hydroxylation is 2. The highest BCUT2D eigenvalue weighted by molar-refractivity contribution is 5.75. The predicted octanol–water partition coefficient (Wildman–Crippen LogP) is 2.06. The lowest BCUT2D eigenvalue weighted by atomic mass is 9.98. The second-order valence-electron chi connectivity index (χ2n) is 3.66. The topological polar surface area (TPSA) is 63.1 Å². The van der Waals surface area contributed by atoms with Gasteiger partial charge in [-0.05, 0) is 20.3 Å². The number of aliphatic carboxylic acids is 1. The zero-order valence-corrected chi connectivity index (χ0v) is 9.32. The largest absolute Gasteiger partial charge is 0.481 e. The first-order chi connectivity index (χ1) is 7.06. The third kappa shape index (κ3) is 2.75. The predicted molar refractivity (Wildman–Crippen MR) is 56.8 cm³/mol. The lowest BCUT2D eigenvalue weighted by molar-refractivity contribution is -0.139. The molecular formula is C11H16N2O2. The monoisotopic (exact) mass is 208 g/mol. The lowest BCUT2D eigenvalue weighted by Crippen LogP contribution is -2.15. The maximum absolute atomic E-state index is 11.1. The number of hydrogen-bond donors (Lipinski definition) is 1. The van der Waals surface area contributed by atoms with Crippen LogP contribution < -0.4 is 0 Å². The molecule has 0 aliphatic heterocycles. The smallest absolute Gasteiger partial charge is 0.312 e. The molecule has 0 saturated carbocycles. The molecule has 0 saturated heterocycles. The summed E-state index contributed by atoms with van der Waals surface area (Å²) in [5.74, 6) is -1.35. The van der Waals surface area contributed by atoms with E-state index >= 15 is 0 Å². The summed E-state index contributed by atoms with van der Waals surface area (Å²) in [6, 6.07) is 0. The van der Waals surface area contributed by atoms with Gasteiger partial charge in [-0.3, -0.25) is 14.8 Å². The van der Waals surface area contributed by atoms with Gasteiger partial charge in [0.05, 0.1) is 17.1 Å². The van der Waals surface area contributed by atoms with Gasteiger partial charge in [-0.25, -0.2) is 0 Å². The van der Waals surface area contributed by atoms with Gasteiger partial charge < -0.3 is 5.11 Å². The zero-order chi connectivity index (χ0) is 11.4. The van der Waals surface area contributed by atoms with Crippen LogP contribution in [-0.2, 0) is 4.79 Å². The van der Waals surface area contributed by atoms with Crippen molar-refractivity contribution in [2.75, 3.05) is 0 Å². The molecular weight excluding hydrogens is 192 g/mol. The molecule has 1 aromatic heterocycles. The second kappa shape index (κ2) is 4.87. The number of aromatic nitrogens is 2. The van der Waals surface area contributed by atoms with E-state index in [1.54, 1.807) is 13.1 Å². The van der Waals surface area contributed by atoms with Gasteiger partial charge in [0.25, 0.3) is 0 Å². The van der Waals surface area contributed by atoms with Crippen LogP contribution >= 0.6 is 0 Å². The fourth-order valence-electron chi connectivity index (χ4n) is 1.55. The van der Waals surface area contributed by atoms with Gasteiger partial charge in [0, 0.05) is 6.20 Å². The fraction of sp³-hybridized carbons (Fsp3) is 0.545. The van der Waals surface area contributed by atoms with Crippen LogP contribution in [0.25, 0.3) is 0 Å². The van der Waals surface area contributed by atoms with Gasteiger partial charge >= 0.3 is 5.97 Å². The van der Waals surface area contributed by atoms with Crippen molar-refractivity contribution >= 4 is 5.97 Å². The molecule has 1 rings (SSSR count). The molecule has 0 radical (unpaired) electrons. The van der Waals surface area contributed by atoms with E-state index in [0.717, 1.165) is 12.1 Å². The molecule has 0 aromatic carbocycles. The molecule has 0 bridgehead atoms. The molecule has 4 heteroatoms. The van der Waals surface area contributed by atoms with Crippen LogP contribution in [-0.4, -0.2) is 21.0 Å². The number of rotatable bonds is 4. The quantitative estimate of drug-likeness (QED) is 0.822. The molecule has 15 heavy (non-hydrogen) atoms. The summed E-state index contributed by atoms with van der Waals surface area (Å²) in [7, 11) is 0. The molecule has 1 N–H and O–H groups in total. The highest BCUT2D eigenvalue weighted by atomic mass is 16.4. The van der Waals surface area contributed by atoms with Gasteiger partial charge in [-0.2, -0.15) is 0 Å². The summed E-state index contributed by atoms with van der Waals surface area (Å²) in [5.41, 5.74) is 2.07. The minimum Gasteiger partial charge on any atom is -0.481 e. The van der Waals surface area contributed by atoms with Crippen LogP contribution in [0.1, 0.15) is 42.8 Å². The first-order valence-corrected chi connectivity index (χ1v) is 5.09. The van der Waals surface area contributed by atoms with Crippen molar-refractivity contribution in [3.63, 3.8) is 0 Å². The van der Waals surface area contributed by atoms with E-state index in [1.807, 2.05) is 13.8 Å². The molecule has 1 aromatic rings. The lowest BCUT2D eigenvalue weighted by Gasteiger charge is -2.12. The van der Waals surface area contributed by atoms with Crippen LogP contribution in [0.5, 0.6) is 0 Å². The Morgan fingerprint density at radius 1 is 1.53 bits per heavy atom. The van der Waals surface area contributed by atoms with Crippen LogP contribution in [0.3, 0.4) is 0 Å². The minimum absolute atomic E-state index is 0.526. The van der Waals surface area contributed by atoms with Gasteiger partial charge in [0.2, 0.25) is 0 Å². The normalized spacial score (nSPS) is 12.5. The van der Waals surface area contributed by atoms with Crippen molar-refractivity contribution in [1.82, 2.24) is 9.97 Å². The van der Waals surface area contributed by atoms with E-state index in [1.165, 1.54) is 0 Å². The van der Waals surface area contributed by atoms with E-state index in [9.17, 15) is 4.79 Å². The average Bonchev–Trinajstić information content (AvgIpc) is 2.18. The number of carboxylic acids is 1. The summed E-state index contributed by atoms with van der Waals surface area (Å²) in [6.45, 7) is 5.59. The number of carbonyl (C=O) groups is 1. The standard InChI is InChI=1S/C11H16N2O2/c1-4-5-9(11(14)15)10-8(3)12-6-7(2)13-10/h6,9H,4-5H2,1-3H3,(H,14,15). The number of hydrogen-bond acceptors (Lipinski definition) is 3. The van der Waals surface area contributed by atoms with E-state index in [2.05, 4.69) is 9.97 Å². The van der Waals surface area contributed by atoms with Crippen molar-refractivity contribution in [2.24, 2.45) is 0 Å². The SMILES string of the molecule is CCCC(C(=O)O)c1nc(C)cnc1C. The third-order valence-corrected chi connectivity index (χ3v) is 2.32. The Labute approximate surface area is 89.4 Å². The van der Waals surface area contributed by atoms with Gasteiger partial charge in [-0.1, -0.05) is 13.3 Å². The van der Waals surface area contributed by atoms with Crippen LogP contribution in [0.15, 0.2) is 6.20 Å². The summed E-state index contributed by atoms with van der Waals surface area (Å²) >= 11 is 0. The van der Waals surface area contributed by atoms with E-state index in [4.69, 9.17) is 5.11 Å². The molecule has 0 fully saturated rings. The summed E-state index contributed by atoms with van der Waals surface area (Å²) in [5, 5.41) is 9.11. The Morgan fingerprint density at radius 3 is 2.73 bits per heavy atom. The Hall–Kier alpha value is -1.45. The van der Waals surface area contributed by atoms with Gasteiger partial charge in [0.15, 0.2) is 0 Å². The van der Waals surface area contributed by atoms with Crippen LogP contribution in [0.4, 0.5) is 0 Å². The maximum atomic E-state index is 11.1. The van der Waals surface area contributed by atoms with Crippen molar-refractivity contribution in [1.29, 1.82) is 0 Å². The molecule has 0 aliphatic rings. The Bertz CT molecular complexity index is 364. The first kappa shape index (κ1) is 11.6. The third-order valence-electron chi connectivity index (χ3n) is 2.32. The number of nitrogens with zero attached hydrogens (tertiary/aromatic N) is 2. The highest BCUT2D eigenvalue weighted by Crippen LogP contribution is 2.21. The molecule has 1 unspecified atom stereocenters. The molecule has 1 heterocycles. The molecule has 0 spiro atoms. The molecule has 4 nitrogen and oxygen atoms in total. The Morgan fingerprint density at radius 2 is 2.20 bits per heavy atom. The second-order valence-corrected chi connectivity index (χ2v) is 3.66. The van der Waals surface area contributed by atoms with Crippen molar-refractivity contribution in [2.45, 2.75) is 39.5 Å². The summed E-state index contributed by atoms with van der Waals surface area (Å²) in [6.07, 6.45) is 3.09. The van der Waals surface area contributed by atoms with E-state index in [-0.39, 0.29) is 0 Å².